The van der Waals surface area contributed by atoms with E-state index in [1.807, 2.05) is 0 Å². The minimum atomic E-state index is 0.656. The summed E-state index contributed by atoms with van der Waals surface area (Å²) >= 11 is 0. The van der Waals surface area contributed by atoms with E-state index in [0.29, 0.717) is 6.04 Å². The molecular weight excluding hydrogens is 238 g/mol. The van der Waals surface area contributed by atoms with E-state index in [1.54, 1.807) is 7.11 Å². The molecule has 2 aliphatic heterocycles. The Balaban J connectivity index is 1.67. The maximum atomic E-state index is 5.07. The average Bonchev–Trinajstić information content (AvgIpc) is 2.75. The average molecular weight is 269 g/mol. The van der Waals surface area contributed by atoms with Crippen molar-refractivity contribution < 1.29 is 4.74 Å². The van der Waals surface area contributed by atoms with Crippen molar-refractivity contribution in [3.8, 4) is 0 Å². The topological polar surface area (TPSA) is 27.7 Å². The van der Waals surface area contributed by atoms with Crippen LogP contribution in [0.4, 0.5) is 0 Å². The normalized spacial score (nSPS) is 27.2. The molecule has 2 fully saturated rings. The van der Waals surface area contributed by atoms with Crippen molar-refractivity contribution in [2.45, 2.75) is 44.7 Å². The fraction of sp³-hybridized carbons (Fsp3) is 1.00. The molecule has 2 saturated heterocycles. The summed E-state index contributed by atoms with van der Waals surface area (Å²) in [6.45, 7) is 10.6. The van der Waals surface area contributed by atoms with E-state index in [0.717, 1.165) is 32.2 Å². The molecule has 112 valence electrons. The highest BCUT2D eigenvalue weighted by molar-refractivity contribution is 4.86. The quantitative estimate of drug-likeness (QED) is 0.702. The second kappa shape index (κ2) is 8.20. The smallest absolute Gasteiger partial charge is 0.0474 e. The molecule has 0 aromatic heterocycles. The minimum Gasteiger partial charge on any atom is -0.385 e. The highest BCUT2D eigenvalue weighted by Crippen LogP contribution is 2.22. The summed E-state index contributed by atoms with van der Waals surface area (Å²) in [5.74, 6) is 0. The van der Waals surface area contributed by atoms with Crippen molar-refractivity contribution in [2.75, 3.05) is 53.0 Å². The van der Waals surface area contributed by atoms with Crippen LogP contribution in [0.2, 0.25) is 0 Å². The highest BCUT2D eigenvalue weighted by atomic mass is 16.5. The molecule has 0 aromatic carbocycles. The molecule has 4 nitrogen and oxygen atoms in total. The molecule has 2 heterocycles. The maximum absolute atomic E-state index is 5.07. The van der Waals surface area contributed by atoms with Gasteiger partial charge < -0.3 is 10.1 Å². The molecule has 2 aliphatic rings. The summed E-state index contributed by atoms with van der Waals surface area (Å²) in [7, 11) is 1.77. The van der Waals surface area contributed by atoms with E-state index in [-0.39, 0.29) is 0 Å². The van der Waals surface area contributed by atoms with Crippen molar-refractivity contribution >= 4 is 0 Å². The lowest BCUT2D eigenvalue weighted by atomic mass is 10.2. The second-order valence-corrected chi connectivity index (χ2v) is 6.08. The van der Waals surface area contributed by atoms with E-state index in [4.69, 9.17) is 4.74 Å². The van der Waals surface area contributed by atoms with Crippen LogP contribution in [0.1, 0.15) is 32.6 Å². The van der Waals surface area contributed by atoms with Crippen molar-refractivity contribution in [3.05, 3.63) is 0 Å². The largest absolute Gasteiger partial charge is 0.385 e. The number of ether oxygens (including phenoxy) is 1. The number of hydrogen-bond acceptors (Lipinski definition) is 4. The summed E-state index contributed by atoms with van der Waals surface area (Å²) in [6, 6.07) is 1.49. The van der Waals surface area contributed by atoms with E-state index in [9.17, 15) is 0 Å². The Morgan fingerprint density at radius 3 is 2.95 bits per heavy atom. The van der Waals surface area contributed by atoms with Crippen LogP contribution in [0.25, 0.3) is 0 Å². The molecule has 0 aromatic rings. The molecule has 2 atom stereocenters. The highest BCUT2D eigenvalue weighted by Gasteiger charge is 2.29. The van der Waals surface area contributed by atoms with Crippen LogP contribution in [0.3, 0.4) is 0 Å². The van der Waals surface area contributed by atoms with Crippen molar-refractivity contribution in [2.24, 2.45) is 0 Å². The van der Waals surface area contributed by atoms with Gasteiger partial charge in [-0.3, -0.25) is 9.80 Å². The molecule has 0 aliphatic carbocycles. The molecule has 1 N–H and O–H groups in total. The van der Waals surface area contributed by atoms with E-state index >= 15 is 0 Å². The number of fused-ring (bicyclic) bond motifs is 1. The molecule has 2 rings (SSSR count). The zero-order chi connectivity index (χ0) is 13.5. The Kier molecular flexibility index (Phi) is 6.57. The zero-order valence-corrected chi connectivity index (χ0v) is 12.7. The molecule has 2 unspecified atom stereocenters. The Morgan fingerprint density at radius 2 is 2.11 bits per heavy atom. The summed E-state index contributed by atoms with van der Waals surface area (Å²) < 4.78 is 5.07. The fourth-order valence-electron chi connectivity index (χ4n) is 3.42. The molecule has 0 spiro atoms. The second-order valence-electron chi connectivity index (χ2n) is 6.08. The van der Waals surface area contributed by atoms with Crippen LogP contribution < -0.4 is 5.32 Å². The van der Waals surface area contributed by atoms with Gasteiger partial charge in [-0.05, 0) is 58.8 Å². The van der Waals surface area contributed by atoms with Gasteiger partial charge in [-0.1, -0.05) is 0 Å². The summed E-state index contributed by atoms with van der Waals surface area (Å²) in [4.78, 5) is 5.40. The van der Waals surface area contributed by atoms with Crippen LogP contribution in [-0.2, 0) is 4.74 Å². The Hall–Kier alpha value is -0.160. The molecule has 0 saturated carbocycles. The molecule has 4 heteroatoms. The fourth-order valence-corrected chi connectivity index (χ4v) is 3.42. The van der Waals surface area contributed by atoms with Gasteiger partial charge in [0.2, 0.25) is 0 Å². The Bertz CT molecular complexity index is 250. The Labute approximate surface area is 118 Å². The molecule has 19 heavy (non-hydrogen) atoms. The monoisotopic (exact) mass is 269 g/mol. The predicted molar refractivity (Wildman–Crippen MR) is 79.6 cm³/mol. The third kappa shape index (κ3) is 4.71. The summed E-state index contributed by atoms with van der Waals surface area (Å²) in [5.41, 5.74) is 0. The van der Waals surface area contributed by atoms with Gasteiger partial charge in [0.15, 0.2) is 0 Å². The van der Waals surface area contributed by atoms with Crippen LogP contribution in [-0.4, -0.2) is 74.9 Å². The van der Waals surface area contributed by atoms with Gasteiger partial charge in [0.1, 0.15) is 0 Å². The first kappa shape index (κ1) is 15.2. The van der Waals surface area contributed by atoms with Gasteiger partial charge in [0.05, 0.1) is 0 Å². The van der Waals surface area contributed by atoms with E-state index in [2.05, 4.69) is 22.0 Å². The number of methoxy groups -OCH3 is 1. The first-order valence-corrected chi connectivity index (χ1v) is 7.99. The number of nitrogens with one attached hydrogen (secondary N) is 1. The van der Waals surface area contributed by atoms with E-state index in [1.165, 1.54) is 45.4 Å². The summed E-state index contributed by atoms with van der Waals surface area (Å²) in [5, 5.41) is 3.56. The predicted octanol–water partition coefficient (Wildman–Crippen LogP) is 1.17. The lowest BCUT2D eigenvalue weighted by Gasteiger charge is -2.30. The third-order valence-electron chi connectivity index (χ3n) is 4.60. The minimum absolute atomic E-state index is 0.656. The van der Waals surface area contributed by atoms with Crippen LogP contribution in [0, 0.1) is 0 Å². The van der Waals surface area contributed by atoms with E-state index < -0.39 is 0 Å². The SMILES string of the molecule is COCCCNCC(C)N1CCCN2CCCC2C1. The van der Waals surface area contributed by atoms with Gasteiger partial charge in [-0.2, -0.15) is 0 Å². The lowest BCUT2D eigenvalue weighted by Crippen LogP contribution is -2.45. The molecule has 0 amide bonds. The van der Waals surface area contributed by atoms with Gasteiger partial charge in [0, 0.05) is 38.9 Å². The van der Waals surface area contributed by atoms with Crippen molar-refractivity contribution in [1.29, 1.82) is 0 Å². The number of hydrogen-bond donors (Lipinski definition) is 1. The van der Waals surface area contributed by atoms with Crippen molar-refractivity contribution in [3.63, 3.8) is 0 Å². The molecule has 0 bridgehead atoms. The first-order chi connectivity index (χ1) is 9.31. The standard InChI is InChI=1S/C15H31N3O/c1-14(12-16-7-4-11-19-2)18-10-5-9-17-8-3-6-15(17)13-18/h14-16H,3-13H2,1-2H3. The van der Waals surface area contributed by atoms with Crippen molar-refractivity contribution in [1.82, 2.24) is 15.1 Å². The Morgan fingerprint density at radius 1 is 1.26 bits per heavy atom. The lowest BCUT2D eigenvalue weighted by molar-refractivity contribution is 0.174. The zero-order valence-electron chi connectivity index (χ0n) is 12.7. The number of rotatable bonds is 7. The number of nitrogens with zero attached hydrogens (tertiary/aromatic N) is 2. The maximum Gasteiger partial charge on any atom is 0.0474 e. The van der Waals surface area contributed by atoms with Gasteiger partial charge in [-0.15, -0.1) is 0 Å². The summed E-state index contributed by atoms with van der Waals surface area (Å²) in [6.07, 6.45) is 5.26. The van der Waals surface area contributed by atoms with Gasteiger partial charge in [0.25, 0.3) is 0 Å². The van der Waals surface area contributed by atoms with Crippen LogP contribution >= 0.6 is 0 Å². The van der Waals surface area contributed by atoms with Crippen LogP contribution in [0.5, 0.6) is 0 Å². The molecular formula is C15H31N3O. The third-order valence-corrected chi connectivity index (χ3v) is 4.60. The van der Waals surface area contributed by atoms with Gasteiger partial charge in [-0.25, -0.2) is 0 Å². The molecule has 0 radical (unpaired) electrons. The van der Waals surface area contributed by atoms with Gasteiger partial charge >= 0.3 is 0 Å². The van der Waals surface area contributed by atoms with Crippen LogP contribution in [0.15, 0.2) is 0 Å². The first-order valence-electron chi connectivity index (χ1n) is 7.99.